The number of nitriles is 1. The van der Waals surface area contributed by atoms with Crippen molar-refractivity contribution in [3.05, 3.63) is 60.2 Å². The van der Waals surface area contributed by atoms with Crippen LogP contribution in [0.3, 0.4) is 0 Å². The van der Waals surface area contributed by atoms with E-state index in [9.17, 15) is 4.79 Å². The summed E-state index contributed by atoms with van der Waals surface area (Å²) >= 11 is 0. The monoisotopic (exact) mass is 329 g/mol. The lowest BCUT2D eigenvalue weighted by atomic mass is 10.0. The molecule has 1 saturated carbocycles. The maximum Gasteiger partial charge on any atom is 0.179 e. The summed E-state index contributed by atoms with van der Waals surface area (Å²) in [5.74, 6) is 0.0680. The predicted molar refractivity (Wildman–Crippen MR) is 98.3 cm³/mol. The van der Waals surface area contributed by atoms with Crippen LogP contribution >= 0.6 is 0 Å². The van der Waals surface area contributed by atoms with Gasteiger partial charge in [0, 0.05) is 16.9 Å². The zero-order chi connectivity index (χ0) is 17.2. The summed E-state index contributed by atoms with van der Waals surface area (Å²) in [6, 6.07) is 20.4. The first-order valence-electron chi connectivity index (χ1n) is 8.58. The van der Waals surface area contributed by atoms with Crippen LogP contribution < -0.4 is 0 Å². The van der Waals surface area contributed by atoms with Crippen LogP contribution in [0, 0.1) is 11.3 Å². The van der Waals surface area contributed by atoms with E-state index in [2.05, 4.69) is 11.1 Å². The van der Waals surface area contributed by atoms with E-state index in [-0.39, 0.29) is 5.78 Å². The maximum atomic E-state index is 13.2. The molecule has 0 amide bonds. The number of rotatable bonds is 6. The van der Waals surface area contributed by atoms with Gasteiger partial charge < -0.3 is 4.98 Å². The standard InChI is InChI=1S/C21H19N3O/c22-12-13-24(16-10-11-16)14-19(25)20-17-8-4-5-9-18(17)23-21(20)15-6-2-1-3-7-15/h1-9,16,23H,10-11,13-14H2. The second-order valence-electron chi connectivity index (χ2n) is 6.50. The van der Waals surface area contributed by atoms with Gasteiger partial charge in [-0.05, 0) is 24.5 Å². The molecule has 0 saturated heterocycles. The van der Waals surface area contributed by atoms with Gasteiger partial charge in [0.25, 0.3) is 0 Å². The molecule has 124 valence electrons. The minimum absolute atomic E-state index is 0.0680. The van der Waals surface area contributed by atoms with Crippen molar-refractivity contribution in [1.82, 2.24) is 9.88 Å². The number of Topliss-reactive ketones (excluding diaryl/α,β-unsaturated/α-hetero) is 1. The van der Waals surface area contributed by atoms with E-state index in [1.165, 1.54) is 0 Å². The highest BCUT2D eigenvalue weighted by molar-refractivity contribution is 6.14. The molecule has 0 bridgehead atoms. The first kappa shape index (κ1) is 15.6. The number of benzene rings is 2. The number of aromatic amines is 1. The molecule has 0 spiro atoms. The number of fused-ring (bicyclic) bond motifs is 1. The minimum Gasteiger partial charge on any atom is -0.354 e. The van der Waals surface area contributed by atoms with Crippen molar-refractivity contribution in [3.8, 4) is 17.3 Å². The third kappa shape index (κ3) is 3.07. The summed E-state index contributed by atoms with van der Waals surface area (Å²) in [5, 5.41) is 10.00. The second-order valence-corrected chi connectivity index (χ2v) is 6.50. The van der Waals surface area contributed by atoms with Gasteiger partial charge in [0.15, 0.2) is 5.78 Å². The predicted octanol–water partition coefficient (Wildman–Crippen LogP) is 4.01. The molecule has 1 N–H and O–H groups in total. The lowest BCUT2D eigenvalue weighted by molar-refractivity contribution is 0.0936. The smallest absolute Gasteiger partial charge is 0.179 e. The molecule has 0 unspecified atom stereocenters. The van der Waals surface area contributed by atoms with Gasteiger partial charge in [-0.2, -0.15) is 5.26 Å². The van der Waals surface area contributed by atoms with Crippen molar-refractivity contribution in [2.75, 3.05) is 13.1 Å². The van der Waals surface area contributed by atoms with Gasteiger partial charge >= 0.3 is 0 Å². The molecule has 2 aromatic carbocycles. The summed E-state index contributed by atoms with van der Waals surface area (Å²) in [6.45, 7) is 0.597. The van der Waals surface area contributed by atoms with Gasteiger partial charge in [-0.3, -0.25) is 9.69 Å². The molecular formula is C21H19N3O. The molecule has 1 aliphatic rings. The molecule has 25 heavy (non-hydrogen) atoms. The molecular weight excluding hydrogens is 310 g/mol. The Kier molecular flexibility index (Phi) is 4.09. The highest BCUT2D eigenvalue weighted by atomic mass is 16.1. The normalized spacial score (nSPS) is 13.9. The molecule has 0 radical (unpaired) electrons. The van der Waals surface area contributed by atoms with Gasteiger partial charge in [0.1, 0.15) is 0 Å². The van der Waals surface area contributed by atoms with Crippen LogP contribution in [0.5, 0.6) is 0 Å². The number of hydrogen-bond acceptors (Lipinski definition) is 3. The lowest BCUT2D eigenvalue weighted by Crippen LogP contribution is -2.32. The van der Waals surface area contributed by atoms with E-state index >= 15 is 0 Å². The fourth-order valence-electron chi connectivity index (χ4n) is 3.36. The fraction of sp³-hybridized carbons (Fsp3) is 0.238. The SMILES string of the molecule is N#CCN(CC(=O)c1c(-c2ccccc2)[nH]c2ccccc12)C1CC1. The van der Waals surface area contributed by atoms with Gasteiger partial charge in [0.2, 0.25) is 0 Å². The highest BCUT2D eigenvalue weighted by Crippen LogP contribution is 2.32. The molecule has 3 aromatic rings. The number of nitrogens with one attached hydrogen (secondary N) is 1. The van der Waals surface area contributed by atoms with Crippen LogP contribution in [0.25, 0.3) is 22.2 Å². The van der Waals surface area contributed by atoms with Crippen LogP contribution in [-0.2, 0) is 0 Å². The number of carbonyl (C=O) groups excluding carboxylic acids is 1. The van der Waals surface area contributed by atoms with Crippen molar-refractivity contribution in [1.29, 1.82) is 5.26 Å². The van der Waals surface area contributed by atoms with E-state index in [1.54, 1.807) is 0 Å². The van der Waals surface area contributed by atoms with E-state index in [1.807, 2.05) is 59.5 Å². The van der Waals surface area contributed by atoms with Crippen LogP contribution in [-0.4, -0.2) is 34.8 Å². The van der Waals surface area contributed by atoms with Gasteiger partial charge in [-0.1, -0.05) is 48.5 Å². The Balaban J connectivity index is 1.77. The average Bonchev–Trinajstić information content (AvgIpc) is 3.41. The topological polar surface area (TPSA) is 59.9 Å². The fourth-order valence-corrected chi connectivity index (χ4v) is 3.36. The summed E-state index contributed by atoms with van der Waals surface area (Å²) in [7, 11) is 0. The second kappa shape index (κ2) is 6.54. The van der Waals surface area contributed by atoms with Crippen molar-refractivity contribution >= 4 is 16.7 Å². The first-order chi connectivity index (χ1) is 12.3. The summed E-state index contributed by atoms with van der Waals surface area (Å²) in [6.07, 6.45) is 2.16. The number of carbonyl (C=O) groups is 1. The molecule has 1 fully saturated rings. The Morgan fingerprint density at radius 3 is 2.56 bits per heavy atom. The van der Waals surface area contributed by atoms with E-state index in [0.29, 0.717) is 19.1 Å². The zero-order valence-electron chi connectivity index (χ0n) is 13.9. The molecule has 1 aliphatic carbocycles. The van der Waals surface area contributed by atoms with Crippen LogP contribution in [0.15, 0.2) is 54.6 Å². The largest absolute Gasteiger partial charge is 0.354 e. The Morgan fingerprint density at radius 1 is 1.12 bits per heavy atom. The number of para-hydroxylation sites is 1. The Morgan fingerprint density at radius 2 is 1.84 bits per heavy atom. The lowest BCUT2D eigenvalue weighted by Gasteiger charge is -2.17. The summed E-state index contributed by atoms with van der Waals surface area (Å²) in [5.41, 5.74) is 3.55. The Bertz CT molecular complexity index is 948. The molecule has 4 heteroatoms. The van der Waals surface area contributed by atoms with Gasteiger partial charge in [-0.25, -0.2) is 0 Å². The molecule has 1 aromatic heterocycles. The molecule has 4 nitrogen and oxygen atoms in total. The van der Waals surface area contributed by atoms with Crippen LogP contribution in [0.2, 0.25) is 0 Å². The molecule has 1 heterocycles. The van der Waals surface area contributed by atoms with E-state index in [0.717, 1.165) is 40.6 Å². The van der Waals surface area contributed by atoms with E-state index in [4.69, 9.17) is 5.26 Å². The number of hydrogen-bond donors (Lipinski definition) is 1. The van der Waals surface area contributed by atoms with Crippen molar-refractivity contribution in [3.63, 3.8) is 0 Å². The van der Waals surface area contributed by atoms with Crippen LogP contribution in [0.1, 0.15) is 23.2 Å². The summed E-state index contributed by atoms with van der Waals surface area (Å²) in [4.78, 5) is 18.6. The zero-order valence-corrected chi connectivity index (χ0v) is 13.9. The minimum atomic E-state index is 0.0680. The van der Waals surface area contributed by atoms with Crippen molar-refractivity contribution < 1.29 is 4.79 Å². The third-order valence-electron chi connectivity index (χ3n) is 4.73. The summed E-state index contributed by atoms with van der Waals surface area (Å²) < 4.78 is 0. The van der Waals surface area contributed by atoms with Gasteiger partial charge in [0.05, 0.1) is 30.4 Å². The number of ketones is 1. The van der Waals surface area contributed by atoms with E-state index < -0.39 is 0 Å². The van der Waals surface area contributed by atoms with Crippen molar-refractivity contribution in [2.24, 2.45) is 0 Å². The number of aromatic nitrogens is 1. The van der Waals surface area contributed by atoms with Gasteiger partial charge in [-0.15, -0.1) is 0 Å². The molecule has 0 atom stereocenters. The molecule has 0 aliphatic heterocycles. The highest BCUT2D eigenvalue weighted by Gasteiger charge is 2.31. The number of H-pyrrole nitrogens is 1. The first-order valence-corrected chi connectivity index (χ1v) is 8.58. The third-order valence-corrected chi connectivity index (χ3v) is 4.73. The van der Waals surface area contributed by atoms with Crippen molar-refractivity contribution in [2.45, 2.75) is 18.9 Å². The Labute approximate surface area is 146 Å². The number of nitrogens with zero attached hydrogens (tertiary/aromatic N) is 2. The van der Waals surface area contributed by atoms with Crippen LogP contribution in [0.4, 0.5) is 0 Å². The Hall–Kier alpha value is -2.90. The molecule has 4 rings (SSSR count). The average molecular weight is 329 g/mol. The maximum absolute atomic E-state index is 13.2. The quantitative estimate of drug-likeness (QED) is 0.549.